The third kappa shape index (κ3) is 8.60. The lowest BCUT2D eigenvalue weighted by atomic mass is 10.4. The van der Waals surface area contributed by atoms with Crippen molar-refractivity contribution < 1.29 is 23.2 Å². The lowest BCUT2D eigenvalue weighted by Crippen LogP contribution is -2.19. The first-order chi connectivity index (χ1) is 7.95. The van der Waals surface area contributed by atoms with Crippen molar-refractivity contribution in [3.05, 3.63) is 24.3 Å². The number of carbonyl (C=O) groups excluding carboxylic acids is 2. The summed E-state index contributed by atoms with van der Waals surface area (Å²) in [5.41, 5.74) is 0.762. The summed E-state index contributed by atoms with van der Waals surface area (Å²) < 4.78 is 15.1. The summed E-state index contributed by atoms with van der Waals surface area (Å²) in [6.45, 7) is 10.1. The molecule has 7 heteroatoms. The number of ether oxygens (including phenoxy) is 2. The summed E-state index contributed by atoms with van der Waals surface area (Å²) in [5, 5.41) is 0. The van der Waals surface area contributed by atoms with Crippen LogP contribution in [0.4, 0.5) is 0 Å². The van der Waals surface area contributed by atoms with Gasteiger partial charge in [-0.15, -0.1) is 0 Å². The molecule has 0 aromatic rings. The molecule has 0 amide bonds. The maximum absolute atomic E-state index is 11.0. The van der Waals surface area contributed by atoms with E-state index in [4.69, 9.17) is 13.6 Å². The van der Waals surface area contributed by atoms with E-state index in [-0.39, 0.29) is 0 Å². The van der Waals surface area contributed by atoms with E-state index in [1.165, 1.54) is 0 Å². The maximum Gasteiger partial charge on any atom is 0.332 e. The number of hydrogen-bond donors (Lipinski definition) is 0. The second-order valence-electron chi connectivity index (χ2n) is 3.44. The Balaban J connectivity index is 3.36. The highest BCUT2D eigenvalue weighted by Gasteiger charge is 2.04. The van der Waals surface area contributed by atoms with E-state index in [1.54, 1.807) is 13.8 Å². The fourth-order valence-corrected chi connectivity index (χ4v) is 3.03. The van der Waals surface area contributed by atoms with Gasteiger partial charge in [0.25, 0.3) is 0 Å². The van der Waals surface area contributed by atoms with Gasteiger partial charge in [-0.25, -0.2) is 9.59 Å². The Labute approximate surface area is 106 Å². The zero-order valence-electron chi connectivity index (χ0n) is 10.3. The maximum atomic E-state index is 11.0. The molecule has 96 valence electrons. The van der Waals surface area contributed by atoms with Crippen molar-refractivity contribution in [3.8, 4) is 0 Å². The summed E-state index contributed by atoms with van der Waals surface area (Å²) in [6, 6.07) is 0. The quantitative estimate of drug-likeness (QED) is 0.254. The molecular formula is C10H18O5Si2. The van der Waals surface area contributed by atoms with Crippen molar-refractivity contribution in [2.75, 3.05) is 12.5 Å². The van der Waals surface area contributed by atoms with Crippen LogP contribution in [0.25, 0.3) is 0 Å². The summed E-state index contributed by atoms with van der Waals surface area (Å²) in [7, 11) is -1.73. The standard InChI is InChI=1S/C10H18O5Si2/c1-7(2)9(11)13-5-16-15-17-6-14-10(12)8(3)4/h1,3,5-6,16-17H2,2,4H3. The zero-order valence-corrected chi connectivity index (χ0v) is 13.1. The molecule has 0 unspecified atom stereocenters. The van der Waals surface area contributed by atoms with Crippen LogP contribution in [0.5, 0.6) is 0 Å². The molecule has 0 N–H and O–H groups in total. The Bertz CT molecular complexity index is 284. The molecule has 0 radical (unpaired) electrons. The summed E-state index contributed by atoms with van der Waals surface area (Å²) in [5.74, 6) is -0.784. The normalized spacial score (nSPS) is 10.9. The van der Waals surface area contributed by atoms with Gasteiger partial charge in [0, 0.05) is 11.1 Å². The van der Waals surface area contributed by atoms with Gasteiger partial charge in [0.05, 0.1) is 0 Å². The van der Waals surface area contributed by atoms with Crippen molar-refractivity contribution in [1.29, 1.82) is 0 Å². The van der Waals surface area contributed by atoms with Gasteiger partial charge in [-0.1, -0.05) is 13.2 Å². The van der Waals surface area contributed by atoms with Crippen LogP contribution < -0.4 is 0 Å². The van der Waals surface area contributed by atoms with Crippen LogP contribution in [0.3, 0.4) is 0 Å². The third-order valence-electron chi connectivity index (χ3n) is 1.62. The van der Waals surface area contributed by atoms with Gasteiger partial charge in [-0.3, -0.25) is 0 Å². The highest BCUT2D eigenvalue weighted by Crippen LogP contribution is 1.92. The van der Waals surface area contributed by atoms with Crippen LogP contribution >= 0.6 is 0 Å². The monoisotopic (exact) mass is 274 g/mol. The molecule has 0 saturated heterocycles. The summed E-state index contributed by atoms with van der Waals surface area (Å²) in [6.07, 6.45) is 0.653. The Morgan fingerprint density at radius 1 is 0.941 bits per heavy atom. The molecule has 0 heterocycles. The van der Waals surface area contributed by atoms with Crippen LogP contribution in [0.2, 0.25) is 0 Å². The molecule has 0 saturated carbocycles. The fourth-order valence-electron chi connectivity index (χ4n) is 0.735. The molecule has 0 bridgehead atoms. The number of esters is 2. The number of rotatable bonds is 8. The second-order valence-corrected chi connectivity index (χ2v) is 6.71. The van der Waals surface area contributed by atoms with Crippen molar-refractivity contribution in [3.63, 3.8) is 0 Å². The van der Waals surface area contributed by atoms with Crippen molar-refractivity contribution >= 4 is 31.5 Å². The lowest BCUT2D eigenvalue weighted by Gasteiger charge is -2.06. The van der Waals surface area contributed by atoms with Crippen LogP contribution in [0.1, 0.15) is 13.8 Å². The van der Waals surface area contributed by atoms with Crippen LogP contribution in [0.15, 0.2) is 24.3 Å². The van der Waals surface area contributed by atoms with Crippen molar-refractivity contribution in [1.82, 2.24) is 0 Å². The molecule has 0 aromatic heterocycles. The third-order valence-corrected chi connectivity index (χ3v) is 4.67. The first kappa shape index (κ1) is 15.8. The average molecular weight is 274 g/mol. The minimum atomic E-state index is -0.864. The molecule has 0 rings (SSSR count). The first-order valence-corrected chi connectivity index (χ1v) is 8.33. The molecule has 0 fully saturated rings. The van der Waals surface area contributed by atoms with E-state index < -0.39 is 31.5 Å². The Morgan fingerprint density at radius 2 is 1.29 bits per heavy atom. The van der Waals surface area contributed by atoms with Crippen LogP contribution in [-0.2, 0) is 23.2 Å². The molecule has 0 spiro atoms. The zero-order chi connectivity index (χ0) is 13.3. The van der Waals surface area contributed by atoms with Gasteiger partial charge < -0.3 is 13.6 Å². The Morgan fingerprint density at radius 3 is 1.59 bits per heavy atom. The lowest BCUT2D eigenvalue weighted by molar-refractivity contribution is -0.137. The van der Waals surface area contributed by atoms with Gasteiger partial charge in [0.2, 0.25) is 0 Å². The molecule has 0 atom stereocenters. The minimum absolute atomic E-state index is 0.327. The van der Waals surface area contributed by atoms with Gasteiger partial charge in [-0.2, -0.15) is 0 Å². The van der Waals surface area contributed by atoms with E-state index >= 15 is 0 Å². The molecule has 0 aromatic carbocycles. The highest BCUT2D eigenvalue weighted by molar-refractivity contribution is 6.42. The van der Waals surface area contributed by atoms with Crippen LogP contribution in [0, 0.1) is 0 Å². The van der Waals surface area contributed by atoms with Crippen molar-refractivity contribution in [2.24, 2.45) is 0 Å². The predicted octanol–water partition coefficient (Wildman–Crippen LogP) is -0.676. The van der Waals surface area contributed by atoms with E-state index in [1.807, 2.05) is 0 Å². The van der Waals surface area contributed by atoms with Crippen LogP contribution in [-0.4, -0.2) is 43.9 Å². The van der Waals surface area contributed by atoms with Gasteiger partial charge in [-0.05, 0) is 13.8 Å². The first-order valence-electron chi connectivity index (χ1n) is 5.18. The molecular weight excluding hydrogens is 256 g/mol. The van der Waals surface area contributed by atoms with Gasteiger partial charge in [0.15, 0.2) is 19.5 Å². The molecule has 17 heavy (non-hydrogen) atoms. The SMILES string of the molecule is C=C(C)C(=O)OC[SiH2]O[SiH2]COC(=O)C(=C)C. The number of carbonyl (C=O) groups is 2. The van der Waals surface area contributed by atoms with Gasteiger partial charge >= 0.3 is 11.9 Å². The topological polar surface area (TPSA) is 61.8 Å². The molecule has 0 aliphatic heterocycles. The average Bonchev–Trinajstić information content (AvgIpc) is 2.26. The number of hydrogen-bond acceptors (Lipinski definition) is 5. The largest absolute Gasteiger partial charge is 0.464 e. The van der Waals surface area contributed by atoms with E-state index in [0.29, 0.717) is 23.6 Å². The second kappa shape index (κ2) is 8.91. The highest BCUT2D eigenvalue weighted by atomic mass is 28.3. The predicted molar refractivity (Wildman–Crippen MR) is 69.7 cm³/mol. The molecule has 0 aliphatic rings. The van der Waals surface area contributed by atoms with Crippen molar-refractivity contribution in [2.45, 2.75) is 13.8 Å². The summed E-state index contributed by atoms with van der Waals surface area (Å²) >= 11 is 0. The van der Waals surface area contributed by atoms with E-state index in [9.17, 15) is 9.59 Å². The van der Waals surface area contributed by atoms with Gasteiger partial charge in [0.1, 0.15) is 12.5 Å². The minimum Gasteiger partial charge on any atom is -0.464 e. The summed E-state index contributed by atoms with van der Waals surface area (Å²) in [4.78, 5) is 21.9. The Kier molecular flexibility index (Phi) is 8.29. The van der Waals surface area contributed by atoms with E-state index in [2.05, 4.69) is 13.2 Å². The molecule has 0 aliphatic carbocycles. The smallest absolute Gasteiger partial charge is 0.332 e. The fraction of sp³-hybridized carbons (Fsp3) is 0.400. The molecule has 5 nitrogen and oxygen atoms in total. The Hall–Kier alpha value is -1.19. The van der Waals surface area contributed by atoms with E-state index in [0.717, 1.165) is 0 Å².